The second-order valence-electron chi connectivity index (χ2n) is 3.12. The van der Waals surface area contributed by atoms with E-state index in [2.05, 4.69) is 4.74 Å². The fourth-order valence-corrected chi connectivity index (χ4v) is 1.34. The summed E-state index contributed by atoms with van der Waals surface area (Å²) in [7, 11) is 1.17. The third kappa shape index (κ3) is 2.72. The maximum atomic E-state index is 11.6. The van der Waals surface area contributed by atoms with Crippen LogP contribution >= 0.6 is 0 Å². The molecule has 1 aromatic rings. The molecule has 0 saturated heterocycles. The minimum absolute atomic E-state index is 0.0207. The lowest BCUT2D eigenvalue weighted by molar-refractivity contribution is 0.0500. The molecule has 0 aliphatic carbocycles. The van der Waals surface area contributed by atoms with Gasteiger partial charge in [-0.3, -0.25) is 0 Å². The molecule has 0 spiro atoms. The van der Waals surface area contributed by atoms with Gasteiger partial charge in [0.1, 0.15) is 11.3 Å². The molecule has 0 radical (unpaired) electrons. The Morgan fingerprint density at radius 2 is 2.00 bits per heavy atom. The van der Waals surface area contributed by atoms with Crippen molar-refractivity contribution in [1.29, 1.82) is 0 Å². The summed E-state index contributed by atoms with van der Waals surface area (Å²) in [5.41, 5.74) is -0.962. The molecule has 92 valence electrons. The molecule has 0 aliphatic rings. The van der Waals surface area contributed by atoms with Crippen LogP contribution in [0.15, 0.2) is 15.3 Å². The van der Waals surface area contributed by atoms with E-state index in [4.69, 9.17) is 9.15 Å². The summed E-state index contributed by atoms with van der Waals surface area (Å²) in [5.74, 6) is -1.49. The third-order valence-electron chi connectivity index (χ3n) is 2.02. The monoisotopic (exact) mass is 240 g/mol. The average molecular weight is 240 g/mol. The van der Waals surface area contributed by atoms with Gasteiger partial charge in [0.2, 0.25) is 0 Å². The summed E-state index contributed by atoms with van der Waals surface area (Å²) in [6.45, 7) is 3.16. The molecular formula is C11H12O6. The SMILES string of the molecule is CCOC(=O)c1cc(=O)oc(C)c1C(=O)OC. The van der Waals surface area contributed by atoms with Crippen LogP contribution in [0.1, 0.15) is 33.4 Å². The normalized spacial score (nSPS) is 9.82. The molecule has 0 N–H and O–H groups in total. The Bertz CT molecular complexity index is 499. The van der Waals surface area contributed by atoms with Crippen LogP contribution in [0.4, 0.5) is 0 Å². The van der Waals surface area contributed by atoms with E-state index in [1.54, 1.807) is 6.92 Å². The number of esters is 2. The second-order valence-corrected chi connectivity index (χ2v) is 3.12. The van der Waals surface area contributed by atoms with E-state index in [0.717, 1.165) is 6.07 Å². The van der Waals surface area contributed by atoms with Gasteiger partial charge in [0, 0.05) is 6.07 Å². The summed E-state index contributed by atoms with van der Waals surface area (Å²) in [5, 5.41) is 0. The topological polar surface area (TPSA) is 82.8 Å². The Morgan fingerprint density at radius 3 is 2.53 bits per heavy atom. The quantitative estimate of drug-likeness (QED) is 0.730. The molecule has 17 heavy (non-hydrogen) atoms. The van der Waals surface area contributed by atoms with Crippen molar-refractivity contribution in [2.45, 2.75) is 13.8 Å². The Balaban J connectivity index is 3.40. The zero-order valence-corrected chi connectivity index (χ0v) is 9.73. The van der Waals surface area contributed by atoms with Crippen molar-refractivity contribution in [3.8, 4) is 0 Å². The van der Waals surface area contributed by atoms with Gasteiger partial charge >= 0.3 is 17.6 Å². The van der Waals surface area contributed by atoms with E-state index in [9.17, 15) is 14.4 Å². The van der Waals surface area contributed by atoms with Crippen molar-refractivity contribution in [1.82, 2.24) is 0 Å². The highest BCUT2D eigenvalue weighted by Gasteiger charge is 2.23. The maximum Gasteiger partial charge on any atom is 0.342 e. The fraction of sp³-hybridized carbons (Fsp3) is 0.364. The molecule has 0 aliphatic heterocycles. The third-order valence-corrected chi connectivity index (χ3v) is 2.02. The zero-order valence-electron chi connectivity index (χ0n) is 9.73. The summed E-state index contributed by atoms with van der Waals surface area (Å²) >= 11 is 0. The smallest absolute Gasteiger partial charge is 0.342 e. The number of methoxy groups -OCH3 is 1. The Morgan fingerprint density at radius 1 is 1.35 bits per heavy atom. The summed E-state index contributed by atoms with van der Waals surface area (Å²) in [6, 6.07) is 0.914. The molecule has 0 unspecified atom stereocenters. The number of hydrogen-bond acceptors (Lipinski definition) is 6. The Hall–Kier alpha value is -2.11. The van der Waals surface area contributed by atoms with Crippen LogP contribution in [0.25, 0.3) is 0 Å². The zero-order chi connectivity index (χ0) is 13.0. The molecule has 0 bridgehead atoms. The number of aryl methyl sites for hydroxylation is 1. The molecule has 1 heterocycles. The van der Waals surface area contributed by atoms with Crippen LogP contribution in [0, 0.1) is 6.92 Å². The number of ether oxygens (including phenoxy) is 2. The molecule has 0 aromatic carbocycles. The van der Waals surface area contributed by atoms with E-state index in [-0.39, 0.29) is 23.5 Å². The lowest BCUT2D eigenvalue weighted by Crippen LogP contribution is -2.18. The van der Waals surface area contributed by atoms with E-state index >= 15 is 0 Å². The second kappa shape index (κ2) is 5.29. The first-order chi connectivity index (χ1) is 8.01. The highest BCUT2D eigenvalue weighted by molar-refractivity contribution is 6.03. The molecule has 0 amide bonds. The molecule has 0 atom stereocenters. The predicted octanol–water partition coefficient (Wildman–Crippen LogP) is 0.912. The first kappa shape index (κ1) is 13.0. The molecule has 1 aromatic heterocycles. The average Bonchev–Trinajstić information content (AvgIpc) is 2.27. The van der Waals surface area contributed by atoms with Crippen LogP contribution in [-0.2, 0) is 9.47 Å². The molecule has 6 heteroatoms. The van der Waals surface area contributed by atoms with E-state index in [0.29, 0.717) is 0 Å². The Labute approximate surface area is 97.1 Å². The van der Waals surface area contributed by atoms with E-state index in [1.807, 2.05) is 0 Å². The maximum absolute atomic E-state index is 11.6. The van der Waals surface area contributed by atoms with Gasteiger partial charge in [-0.2, -0.15) is 0 Å². The number of carbonyl (C=O) groups excluding carboxylic acids is 2. The van der Waals surface area contributed by atoms with Crippen LogP contribution in [0.3, 0.4) is 0 Å². The minimum Gasteiger partial charge on any atom is -0.465 e. The van der Waals surface area contributed by atoms with Gasteiger partial charge < -0.3 is 13.9 Å². The van der Waals surface area contributed by atoms with Crippen LogP contribution in [-0.4, -0.2) is 25.7 Å². The largest absolute Gasteiger partial charge is 0.465 e. The van der Waals surface area contributed by atoms with Gasteiger partial charge in [-0.25, -0.2) is 14.4 Å². The van der Waals surface area contributed by atoms with Crippen LogP contribution in [0.5, 0.6) is 0 Å². The van der Waals surface area contributed by atoms with Crippen molar-refractivity contribution >= 4 is 11.9 Å². The van der Waals surface area contributed by atoms with Crippen LogP contribution < -0.4 is 5.63 Å². The fourth-order valence-electron chi connectivity index (χ4n) is 1.34. The van der Waals surface area contributed by atoms with Gasteiger partial charge in [0.25, 0.3) is 0 Å². The highest BCUT2D eigenvalue weighted by atomic mass is 16.5. The summed E-state index contributed by atoms with van der Waals surface area (Å²) in [4.78, 5) is 34.2. The molecule has 0 fully saturated rings. The standard InChI is InChI=1S/C11H12O6/c1-4-16-10(13)7-5-8(12)17-6(2)9(7)11(14)15-3/h5H,4H2,1-3H3. The highest BCUT2D eigenvalue weighted by Crippen LogP contribution is 2.14. The first-order valence-corrected chi connectivity index (χ1v) is 4.91. The van der Waals surface area contributed by atoms with Gasteiger partial charge in [0.15, 0.2) is 0 Å². The van der Waals surface area contributed by atoms with Crippen molar-refractivity contribution in [3.63, 3.8) is 0 Å². The molecule has 0 saturated carbocycles. The van der Waals surface area contributed by atoms with Crippen LogP contribution in [0.2, 0.25) is 0 Å². The number of carbonyl (C=O) groups is 2. The first-order valence-electron chi connectivity index (χ1n) is 4.91. The molecular weight excluding hydrogens is 228 g/mol. The van der Waals surface area contributed by atoms with Crippen molar-refractivity contribution in [2.75, 3.05) is 13.7 Å². The predicted molar refractivity (Wildman–Crippen MR) is 57.0 cm³/mol. The molecule has 1 rings (SSSR count). The van der Waals surface area contributed by atoms with Gasteiger partial charge in [-0.15, -0.1) is 0 Å². The number of rotatable bonds is 3. The minimum atomic E-state index is -0.760. The summed E-state index contributed by atoms with van der Waals surface area (Å²) in [6.07, 6.45) is 0. The lowest BCUT2D eigenvalue weighted by atomic mass is 10.1. The van der Waals surface area contributed by atoms with Gasteiger partial charge in [0.05, 0.1) is 19.3 Å². The van der Waals surface area contributed by atoms with Gasteiger partial charge in [-0.05, 0) is 13.8 Å². The molecule has 6 nitrogen and oxygen atoms in total. The van der Waals surface area contributed by atoms with Crippen molar-refractivity contribution in [2.24, 2.45) is 0 Å². The lowest BCUT2D eigenvalue weighted by Gasteiger charge is -2.08. The summed E-state index contributed by atoms with van der Waals surface area (Å²) < 4.78 is 14.0. The van der Waals surface area contributed by atoms with Crippen molar-refractivity contribution in [3.05, 3.63) is 33.4 Å². The van der Waals surface area contributed by atoms with E-state index in [1.165, 1.54) is 14.0 Å². The van der Waals surface area contributed by atoms with Gasteiger partial charge in [-0.1, -0.05) is 0 Å². The van der Waals surface area contributed by atoms with Crippen molar-refractivity contribution < 1.29 is 23.5 Å². The van der Waals surface area contributed by atoms with E-state index < -0.39 is 17.6 Å². The Kier molecular flexibility index (Phi) is 4.03. The number of hydrogen-bond donors (Lipinski definition) is 0.